The van der Waals surface area contributed by atoms with Crippen LogP contribution in [0.4, 0.5) is 0 Å². The van der Waals surface area contributed by atoms with Crippen molar-refractivity contribution in [3.63, 3.8) is 0 Å². The lowest BCUT2D eigenvalue weighted by Crippen LogP contribution is -2.02. The van der Waals surface area contributed by atoms with Crippen molar-refractivity contribution in [3.8, 4) is 0 Å². The van der Waals surface area contributed by atoms with Gasteiger partial charge >= 0.3 is 10.1 Å². The first-order valence-corrected chi connectivity index (χ1v) is 6.08. The number of rotatable bonds is 5. The van der Waals surface area contributed by atoms with E-state index >= 15 is 0 Å². The summed E-state index contributed by atoms with van der Waals surface area (Å²) in [6.45, 7) is 1.97. The van der Waals surface area contributed by atoms with Crippen LogP contribution in [0, 0.1) is 0 Å². The van der Waals surface area contributed by atoms with Crippen LogP contribution >= 0.6 is 0 Å². The summed E-state index contributed by atoms with van der Waals surface area (Å²) in [4.78, 5) is 0.110. The predicted octanol–water partition coefficient (Wildman–Crippen LogP) is 2.18. The van der Waals surface area contributed by atoms with E-state index in [1.54, 1.807) is 18.2 Å². The molecule has 82 valence electrons. The van der Waals surface area contributed by atoms with Crippen LogP contribution in [0.25, 0.3) is 0 Å². The second kappa shape index (κ2) is 5.50. The Bertz CT molecular complexity index is 412. The van der Waals surface area contributed by atoms with Crippen LogP contribution in [0.1, 0.15) is 19.8 Å². The van der Waals surface area contributed by atoms with E-state index in [1.165, 1.54) is 18.3 Å². The van der Waals surface area contributed by atoms with E-state index in [1.807, 2.05) is 6.92 Å². The van der Waals surface area contributed by atoms with Crippen molar-refractivity contribution in [2.75, 3.05) is 0 Å². The average Bonchev–Trinajstić information content (AvgIpc) is 2.26. The van der Waals surface area contributed by atoms with Crippen molar-refractivity contribution in [2.45, 2.75) is 24.7 Å². The van der Waals surface area contributed by atoms with E-state index in [0.717, 1.165) is 6.42 Å². The highest BCUT2D eigenvalue weighted by atomic mass is 32.2. The topological polar surface area (TPSA) is 55.7 Å². The smallest absolute Gasteiger partial charge is 0.265 e. The maximum Gasteiger partial charge on any atom is 0.358 e. The molecule has 0 bridgehead atoms. The van der Waals surface area contributed by atoms with Gasteiger partial charge in [0.15, 0.2) is 0 Å². The maximum absolute atomic E-state index is 11.5. The van der Waals surface area contributed by atoms with Crippen LogP contribution in [0.5, 0.6) is 0 Å². The molecule has 0 atom stereocenters. The largest absolute Gasteiger partial charge is 0.358 e. The van der Waals surface area contributed by atoms with Crippen LogP contribution in [0.2, 0.25) is 0 Å². The van der Waals surface area contributed by atoms with Gasteiger partial charge in [-0.15, -0.1) is 0 Å². The Kier molecular flexibility index (Phi) is 4.30. The summed E-state index contributed by atoms with van der Waals surface area (Å²) in [6, 6.07) is 7.92. The summed E-state index contributed by atoms with van der Waals surface area (Å²) >= 11 is 0. The van der Waals surface area contributed by atoms with Crippen LogP contribution in [-0.4, -0.2) is 14.6 Å². The van der Waals surface area contributed by atoms with Crippen molar-refractivity contribution in [1.29, 1.82) is 0 Å². The highest BCUT2D eigenvalue weighted by molar-refractivity contribution is 7.86. The van der Waals surface area contributed by atoms with Crippen molar-refractivity contribution < 1.29 is 12.7 Å². The Hall–Kier alpha value is -1.36. The fourth-order valence-electron chi connectivity index (χ4n) is 0.899. The van der Waals surface area contributed by atoms with Crippen molar-refractivity contribution in [1.82, 2.24) is 0 Å². The monoisotopic (exact) mass is 227 g/mol. The molecule has 1 rings (SSSR count). The zero-order chi connectivity index (χ0) is 11.1. The zero-order valence-corrected chi connectivity index (χ0v) is 9.28. The molecule has 4 nitrogen and oxygen atoms in total. The van der Waals surface area contributed by atoms with E-state index in [2.05, 4.69) is 9.44 Å². The van der Waals surface area contributed by atoms with Gasteiger partial charge in [-0.25, -0.2) is 0 Å². The highest BCUT2D eigenvalue weighted by Crippen LogP contribution is 2.11. The summed E-state index contributed by atoms with van der Waals surface area (Å²) in [5.74, 6) is 0. The third-order valence-corrected chi connectivity index (χ3v) is 2.80. The highest BCUT2D eigenvalue weighted by Gasteiger charge is 2.13. The van der Waals surface area contributed by atoms with Crippen LogP contribution < -0.4 is 0 Å². The average molecular weight is 227 g/mol. The Morgan fingerprint density at radius 2 is 2.00 bits per heavy atom. The SMILES string of the molecule is CCC/C=N/OS(=O)(=O)c1ccccc1. The van der Waals surface area contributed by atoms with Gasteiger partial charge in [-0.1, -0.05) is 36.7 Å². The fraction of sp³-hybridized carbons (Fsp3) is 0.300. The lowest BCUT2D eigenvalue weighted by Gasteiger charge is -1.99. The Morgan fingerprint density at radius 1 is 1.33 bits per heavy atom. The quantitative estimate of drug-likeness (QED) is 0.572. The van der Waals surface area contributed by atoms with Gasteiger partial charge in [0.1, 0.15) is 4.90 Å². The van der Waals surface area contributed by atoms with Crippen molar-refractivity contribution >= 4 is 16.3 Å². The molecule has 0 aliphatic heterocycles. The first-order valence-electron chi connectivity index (χ1n) is 4.67. The summed E-state index contributed by atoms with van der Waals surface area (Å²) in [5, 5.41) is 3.40. The normalized spacial score (nSPS) is 11.8. The van der Waals surface area contributed by atoms with Gasteiger partial charge in [0.25, 0.3) is 0 Å². The molecule has 0 radical (unpaired) electrons. The Labute approximate surface area is 89.7 Å². The fourth-order valence-corrected chi connectivity index (χ4v) is 1.65. The molecule has 0 N–H and O–H groups in total. The van der Waals surface area contributed by atoms with Crippen molar-refractivity contribution in [3.05, 3.63) is 30.3 Å². The van der Waals surface area contributed by atoms with E-state index in [-0.39, 0.29) is 4.90 Å². The van der Waals surface area contributed by atoms with E-state index in [0.29, 0.717) is 6.42 Å². The molecule has 0 saturated heterocycles. The molecule has 0 aliphatic carbocycles. The van der Waals surface area contributed by atoms with E-state index in [4.69, 9.17) is 0 Å². The Morgan fingerprint density at radius 3 is 2.60 bits per heavy atom. The van der Waals surface area contributed by atoms with Gasteiger partial charge in [-0.2, -0.15) is 8.42 Å². The third kappa shape index (κ3) is 3.71. The number of benzene rings is 1. The summed E-state index contributed by atoms with van der Waals surface area (Å²) in [5.41, 5.74) is 0. The molecule has 0 aliphatic rings. The molecule has 0 saturated carbocycles. The first kappa shape index (κ1) is 11.7. The number of oxime groups is 1. The van der Waals surface area contributed by atoms with Gasteiger partial charge < -0.3 is 0 Å². The molecule has 1 aromatic rings. The minimum atomic E-state index is -3.74. The van der Waals surface area contributed by atoms with Crippen LogP contribution in [0.3, 0.4) is 0 Å². The molecule has 0 aromatic heterocycles. The molecular formula is C10H13NO3S. The lowest BCUT2D eigenvalue weighted by molar-refractivity contribution is 0.340. The molecule has 0 heterocycles. The molecule has 5 heteroatoms. The lowest BCUT2D eigenvalue weighted by atomic mass is 10.4. The number of hydrogen-bond donors (Lipinski definition) is 0. The number of hydrogen-bond acceptors (Lipinski definition) is 4. The van der Waals surface area contributed by atoms with Gasteiger partial charge in [-0.05, 0) is 18.6 Å². The third-order valence-electron chi connectivity index (χ3n) is 1.67. The maximum atomic E-state index is 11.5. The minimum Gasteiger partial charge on any atom is -0.265 e. The standard InChI is InChI=1S/C10H13NO3S/c1-2-3-9-11-14-15(12,13)10-7-5-4-6-8-10/h4-9H,2-3H2,1H3/b11-9+. The second-order valence-electron chi connectivity index (χ2n) is 2.92. The predicted molar refractivity (Wildman–Crippen MR) is 58.1 cm³/mol. The zero-order valence-electron chi connectivity index (χ0n) is 8.46. The molecule has 0 unspecified atom stereocenters. The first-order chi connectivity index (χ1) is 7.17. The summed E-state index contributed by atoms with van der Waals surface area (Å²) < 4.78 is 27.4. The van der Waals surface area contributed by atoms with E-state index in [9.17, 15) is 8.42 Å². The van der Waals surface area contributed by atoms with E-state index < -0.39 is 10.1 Å². The molecular weight excluding hydrogens is 214 g/mol. The van der Waals surface area contributed by atoms with Gasteiger partial charge in [0.2, 0.25) is 0 Å². The summed E-state index contributed by atoms with van der Waals surface area (Å²) in [7, 11) is -3.74. The molecule has 0 amide bonds. The molecule has 15 heavy (non-hydrogen) atoms. The second-order valence-corrected chi connectivity index (χ2v) is 4.45. The van der Waals surface area contributed by atoms with Gasteiger partial charge in [0, 0.05) is 6.21 Å². The van der Waals surface area contributed by atoms with Crippen molar-refractivity contribution in [2.24, 2.45) is 5.16 Å². The summed E-state index contributed by atoms with van der Waals surface area (Å²) in [6.07, 6.45) is 3.04. The number of nitrogens with zero attached hydrogens (tertiary/aromatic N) is 1. The van der Waals surface area contributed by atoms with Gasteiger partial charge in [-0.3, -0.25) is 4.28 Å². The molecule has 0 spiro atoms. The Balaban J connectivity index is 2.69. The van der Waals surface area contributed by atoms with Crippen LogP contribution in [-0.2, 0) is 14.4 Å². The number of unbranched alkanes of at least 4 members (excludes halogenated alkanes) is 1. The molecule has 1 aromatic carbocycles. The minimum absolute atomic E-state index is 0.110. The van der Waals surface area contributed by atoms with Gasteiger partial charge in [0.05, 0.1) is 0 Å². The van der Waals surface area contributed by atoms with Crippen LogP contribution in [0.15, 0.2) is 40.4 Å². The molecule has 0 fully saturated rings.